The van der Waals surface area contributed by atoms with E-state index in [1.165, 1.54) is 12.1 Å². The van der Waals surface area contributed by atoms with Crippen molar-refractivity contribution >= 4 is 11.0 Å². The van der Waals surface area contributed by atoms with Gasteiger partial charge in [0.05, 0.1) is 11.0 Å². The summed E-state index contributed by atoms with van der Waals surface area (Å²) in [5, 5.41) is 10.2. The Bertz CT molecular complexity index is 791. The van der Waals surface area contributed by atoms with Crippen molar-refractivity contribution in [1.29, 1.82) is 0 Å². The van der Waals surface area contributed by atoms with E-state index in [1.54, 1.807) is 30.3 Å². The first kappa shape index (κ1) is 11.7. The third kappa shape index (κ3) is 2.04. The number of aliphatic hydroxyl groups excluding tert-OH is 1. The summed E-state index contributed by atoms with van der Waals surface area (Å²) in [6, 6.07) is 11.0. The van der Waals surface area contributed by atoms with Gasteiger partial charge in [-0.05, 0) is 23.8 Å². The minimum atomic E-state index is -1.07. The third-order valence-electron chi connectivity index (χ3n) is 3.06. The van der Waals surface area contributed by atoms with Crippen LogP contribution in [0.5, 0.6) is 0 Å². The number of aromatic nitrogens is 2. The van der Waals surface area contributed by atoms with Gasteiger partial charge >= 0.3 is 5.69 Å². The Morgan fingerprint density at radius 1 is 1.05 bits per heavy atom. The first-order chi connectivity index (χ1) is 9.15. The number of fused-ring (bicyclic) bond motifs is 1. The van der Waals surface area contributed by atoms with Crippen LogP contribution in [0.25, 0.3) is 11.0 Å². The standard InChI is InChI=1S/C14H11FN2O2/c15-10-4-2-1-3-9(10)13(18)8-5-6-11-12(7-8)17-14(19)16-11/h1-7,13,18H,(H2,16,17,19). The maximum Gasteiger partial charge on any atom is 0.323 e. The van der Waals surface area contributed by atoms with E-state index in [0.717, 1.165) is 0 Å². The summed E-state index contributed by atoms with van der Waals surface area (Å²) in [4.78, 5) is 16.4. The molecule has 3 aromatic rings. The molecule has 19 heavy (non-hydrogen) atoms. The maximum atomic E-state index is 13.6. The summed E-state index contributed by atoms with van der Waals surface area (Å²) in [6.45, 7) is 0. The van der Waals surface area contributed by atoms with Crippen LogP contribution in [0.15, 0.2) is 47.3 Å². The number of rotatable bonds is 2. The fourth-order valence-corrected chi connectivity index (χ4v) is 2.10. The Morgan fingerprint density at radius 3 is 2.58 bits per heavy atom. The van der Waals surface area contributed by atoms with Crippen molar-refractivity contribution in [2.45, 2.75) is 6.10 Å². The van der Waals surface area contributed by atoms with Gasteiger partial charge in [0.15, 0.2) is 0 Å². The lowest BCUT2D eigenvalue weighted by atomic mass is 10.0. The van der Waals surface area contributed by atoms with Crippen LogP contribution in [0.2, 0.25) is 0 Å². The molecule has 0 aliphatic carbocycles. The van der Waals surface area contributed by atoms with E-state index in [1.807, 2.05) is 0 Å². The topological polar surface area (TPSA) is 68.9 Å². The fraction of sp³-hybridized carbons (Fsp3) is 0.0714. The summed E-state index contributed by atoms with van der Waals surface area (Å²) in [7, 11) is 0. The Kier molecular flexibility index (Phi) is 2.68. The first-order valence-electron chi connectivity index (χ1n) is 5.79. The lowest BCUT2D eigenvalue weighted by Crippen LogP contribution is -2.02. The molecule has 1 heterocycles. The molecule has 0 radical (unpaired) electrons. The largest absolute Gasteiger partial charge is 0.384 e. The second kappa shape index (κ2) is 4.37. The highest BCUT2D eigenvalue weighted by atomic mass is 19.1. The van der Waals surface area contributed by atoms with E-state index >= 15 is 0 Å². The molecule has 3 N–H and O–H groups in total. The Balaban J connectivity index is 2.08. The maximum absolute atomic E-state index is 13.6. The molecule has 0 fully saturated rings. The van der Waals surface area contributed by atoms with Crippen LogP contribution in [0.4, 0.5) is 4.39 Å². The predicted octanol–water partition coefficient (Wildman–Crippen LogP) is 2.08. The molecule has 1 unspecified atom stereocenters. The van der Waals surface area contributed by atoms with E-state index < -0.39 is 11.9 Å². The highest BCUT2D eigenvalue weighted by molar-refractivity contribution is 5.75. The van der Waals surface area contributed by atoms with E-state index in [0.29, 0.717) is 16.6 Å². The number of aromatic amines is 2. The molecule has 3 rings (SSSR count). The van der Waals surface area contributed by atoms with Gasteiger partial charge in [0.25, 0.3) is 0 Å². The summed E-state index contributed by atoms with van der Waals surface area (Å²) in [5.74, 6) is -0.461. The van der Waals surface area contributed by atoms with Gasteiger partial charge in [-0.3, -0.25) is 0 Å². The molecule has 5 heteroatoms. The van der Waals surface area contributed by atoms with Crippen LogP contribution in [-0.2, 0) is 0 Å². The Morgan fingerprint density at radius 2 is 1.79 bits per heavy atom. The van der Waals surface area contributed by atoms with Crippen molar-refractivity contribution in [3.05, 3.63) is 69.9 Å². The highest BCUT2D eigenvalue weighted by Gasteiger charge is 2.15. The number of benzene rings is 2. The van der Waals surface area contributed by atoms with Crippen LogP contribution in [0.1, 0.15) is 17.2 Å². The zero-order chi connectivity index (χ0) is 13.4. The van der Waals surface area contributed by atoms with Crippen LogP contribution >= 0.6 is 0 Å². The summed E-state index contributed by atoms with van der Waals surface area (Å²) in [6.07, 6.45) is -1.07. The molecule has 1 atom stereocenters. The molecule has 4 nitrogen and oxygen atoms in total. The van der Waals surface area contributed by atoms with Crippen LogP contribution in [0, 0.1) is 5.82 Å². The second-order valence-electron chi connectivity index (χ2n) is 4.31. The van der Waals surface area contributed by atoms with Crippen molar-refractivity contribution in [3.8, 4) is 0 Å². The first-order valence-corrected chi connectivity index (χ1v) is 5.79. The average molecular weight is 258 g/mol. The number of hydrogen-bond acceptors (Lipinski definition) is 2. The molecule has 0 amide bonds. The fourth-order valence-electron chi connectivity index (χ4n) is 2.10. The van der Waals surface area contributed by atoms with Crippen LogP contribution in [-0.4, -0.2) is 15.1 Å². The third-order valence-corrected chi connectivity index (χ3v) is 3.06. The molecule has 1 aromatic heterocycles. The van der Waals surface area contributed by atoms with Gasteiger partial charge in [0.2, 0.25) is 0 Å². The molecule has 0 aliphatic heterocycles. The van der Waals surface area contributed by atoms with Gasteiger partial charge in [-0.1, -0.05) is 24.3 Å². The SMILES string of the molecule is O=c1[nH]c2ccc(C(O)c3ccccc3F)cc2[nH]1. The predicted molar refractivity (Wildman–Crippen MR) is 69.4 cm³/mol. The van der Waals surface area contributed by atoms with Gasteiger partial charge in [-0.25, -0.2) is 9.18 Å². The molecule has 96 valence electrons. The molecule has 0 saturated heterocycles. The van der Waals surface area contributed by atoms with Gasteiger partial charge in [-0.15, -0.1) is 0 Å². The van der Waals surface area contributed by atoms with E-state index in [2.05, 4.69) is 9.97 Å². The summed E-state index contributed by atoms with van der Waals surface area (Å²) >= 11 is 0. The number of halogens is 1. The molecular formula is C14H11FN2O2. The smallest absolute Gasteiger partial charge is 0.323 e. The van der Waals surface area contributed by atoms with Crippen molar-refractivity contribution in [2.24, 2.45) is 0 Å². The number of nitrogens with one attached hydrogen (secondary N) is 2. The molecule has 2 aromatic carbocycles. The van der Waals surface area contributed by atoms with Gasteiger partial charge < -0.3 is 15.1 Å². The lowest BCUT2D eigenvalue weighted by molar-refractivity contribution is 0.215. The quantitative estimate of drug-likeness (QED) is 0.658. The van der Waals surface area contributed by atoms with Crippen molar-refractivity contribution in [3.63, 3.8) is 0 Å². The molecular weight excluding hydrogens is 247 g/mol. The second-order valence-corrected chi connectivity index (χ2v) is 4.31. The number of aliphatic hydroxyl groups is 1. The normalized spacial score (nSPS) is 12.7. The van der Waals surface area contributed by atoms with Crippen molar-refractivity contribution in [2.75, 3.05) is 0 Å². The molecule has 0 spiro atoms. The van der Waals surface area contributed by atoms with Crippen molar-refractivity contribution < 1.29 is 9.50 Å². The minimum absolute atomic E-state index is 0.208. The molecule has 0 bridgehead atoms. The molecule has 0 aliphatic rings. The van der Waals surface area contributed by atoms with Gasteiger partial charge in [0.1, 0.15) is 11.9 Å². The minimum Gasteiger partial charge on any atom is -0.384 e. The zero-order valence-corrected chi connectivity index (χ0v) is 9.85. The van der Waals surface area contributed by atoms with E-state index in [-0.39, 0.29) is 11.3 Å². The lowest BCUT2D eigenvalue weighted by Gasteiger charge is -2.12. The number of imidazole rings is 1. The van der Waals surface area contributed by atoms with E-state index in [4.69, 9.17) is 0 Å². The van der Waals surface area contributed by atoms with Gasteiger partial charge in [-0.2, -0.15) is 0 Å². The van der Waals surface area contributed by atoms with Crippen molar-refractivity contribution in [1.82, 2.24) is 9.97 Å². The summed E-state index contributed by atoms with van der Waals surface area (Å²) in [5.41, 5.74) is 1.65. The van der Waals surface area contributed by atoms with Gasteiger partial charge in [0, 0.05) is 5.56 Å². The number of H-pyrrole nitrogens is 2. The Hall–Kier alpha value is -2.40. The zero-order valence-electron chi connectivity index (χ0n) is 9.85. The monoisotopic (exact) mass is 258 g/mol. The number of hydrogen-bond donors (Lipinski definition) is 3. The highest BCUT2D eigenvalue weighted by Crippen LogP contribution is 2.25. The Labute approximate surface area is 107 Å². The van der Waals surface area contributed by atoms with Crippen LogP contribution < -0.4 is 5.69 Å². The van der Waals surface area contributed by atoms with Crippen LogP contribution in [0.3, 0.4) is 0 Å². The average Bonchev–Trinajstić information content (AvgIpc) is 2.77. The molecule has 0 saturated carbocycles. The van der Waals surface area contributed by atoms with E-state index in [9.17, 15) is 14.3 Å². The summed E-state index contributed by atoms with van der Waals surface area (Å²) < 4.78 is 13.6.